The van der Waals surface area contributed by atoms with Crippen LogP contribution in [0.5, 0.6) is 0 Å². The van der Waals surface area contributed by atoms with Gasteiger partial charge in [0.1, 0.15) is 0 Å². The molecule has 2 fully saturated rings. The fourth-order valence-corrected chi connectivity index (χ4v) is 4.09. The molecule has 3 atom stereocenters. The Labute approximate surface area is 148 Å². The van der Waals surface area contributed by atoms with E-state index in [0.29, 0.717) is 24.7 Å². The van der Waals surface area contributed by atoms with Crippen LogP contribution < -0.4 is 0 Å². The van der Waals surface area contributed by atoms with E-state index < -0.39 is 0 Å². The van der Waals surface area contributed by atoms with Gasteiger partial charge in [-0.3, -0.25) is 9.88 Å². The molecule has 134 valence electrons. The van der Waals surface area contributed by atoms with Crippen LogP contribution in [0.4, 0.5) is 0 Å². The summed E-state index contributed by atoms with van der Waals surface area (Å²) >= 11 is 0. The van der Waals surface area contributed by atoms with Gasteiger partial charge in [0, 0.05) is 30.4 Å². The molecule has 4 rings (SSSR count). The second-order valence-electron chi connectivity index (χ2n) is 7.20. The molecule has 1 saturated heterocycles. The lowest BCUT2D eigenvalue weighted by atomic mass is 10.1. The van der Waals surface area contributed by atoms with Crippen molar-refractivity contribution in [3.63, 3.8) is 0 Å². The Morgan fingerprint density at radius 1 is 1.28 bits per heavy atom. The number of rotatable bonds is 6. The molecule has 2 aliphatic rings. The molecule has 0 unspecified atom stereocenters. The highest BCUT2D eigenvalue weighted by atomic mass is 16.5. The number of aryl methyl sites for hydroxylation is 1. The minimum atomic E-state index is 0.339. The fraction of sp³-hybridized carbons (Fsp3) is 0.550. The molecule has 0 N–H and O–H groups in total. The molecule has 2 aromatic rings. The predicted molar refractivity (Wildman–Crippen MR) is 94.0 cm³/mol. The highest BCUT2D eigenvalue weighted by Gasteiger charge is 2.40. The van der Waals surface area contributed by atoms with E-state index in [-0.39, 0.29) is 0 Å². The van der Waals surface area contributed by atoms with Gasteiger partial charge in [-0.15, -0.1) is 0 Å². The minimum absolute atomic E-state index is 0.339. The van der Waals surface area contributed by atoms with Crippen LogP contribution in [0.3, 0.4) is 0 Å². The Balaban J connectivity index is 1.29. The Kier molecular flexibility index (Phi) is 5.15. The monoisotopic (exact) mass is 342 g/mol. The van der Waals surface area contributed by atoms with Crippen molar-refractivity contribution in [3.8, 4) is 0 Å². The second kappa shape index (κ2) is 7.68. The van der Waals surface area contributed by atoms with Crippen molar-refractivity contribution >= 4 is 0 Å². The summed E-state index contributed by atoms with van der Waals surface area (Å²) in [7, 11) is 0. The van der Waals surface area contributed by atoms with E-state index >= 15 is 0 Å². The van der Waals surface area contributed by atoms with E-state index in [1.54, 1.807) is 6.26 Å². The summed E-state index contributed by atoms with van der Waals surface area (Å²) in [6.07, 6.45) is 6.16. The van der Waals surface area contributed by atoms with Crippen molar-refractivity contribution in [2.24, 2.45) is 5.92 Å². The molecule has 0 spiro atoms. The van der Waals surface area contributed by atoms with Gasteiger partial charge in [-0.1, -0.05) is 6.07 Å². The number of hydrogen-bond donors (Lipinski definition) is 0. The zero-order chi connectivity index (χ0) is 17.1. The van der Waals surface area contributed by atoms with Crippen LogP contribution in [-0.4, -0.2) is 41.8 Å². The highest BCUT2D eigenvalue weighted by molar-refractivity contribution is 5.09. The molecule has 5 nitrogen and oxygen atoms in total. The number of hydrogen-bond acceptors (Lipinski definition) is 5. The fourth-order valence-electron chi connectivity index (χ4n) is 4.09. The molecule has 1 saturated carbocycles. The van der Waals surface area contributed by atoms with Gasteiger partial charge in [-0.2, -0.15) is 0 Å². The van der Waals surface area contributed by atoms with Crippen LogP contribution in [0, 0.1) is 12.8 Å². The normalized spacial score (nSPS) is 26.7. The number of fused-ring (bicyclic) bond motifs is 1. The zero-order valence-corrected chi connectivity index (χ0v) is 14.8. The maximum Gasteiger partial charge on any atom is 0.0947 e. The van der Waals surface area contributed by atoms with E-state index in [9.17, 15) is 0 Å². The first-order valence-electron chi connectivity index (χ1n) is 9.15. The van der Waals surface area contributed by atoms with Gasteiger partial charge in [0.25, 0.3) is 0 Å². The Bertz CT molecular complexity index is 673. The number of nitrogens with zero attached hydrogens (tertiary/aromatic N) is 2. The highest BCUT2D eigenvalue weighted by Crippen LogP contribution is 2.35. The Hall–Kier alpha value is -1.69. The number of pyridine rings is 1. The van der Waals surface area contributed by atoms with Crippen molar-refractivity contribution < 1.29 is 13.9 Å². The third kappa shape index (κ3) is 4.11. The van der Waals surface area contributed by atoms with E-state index in [0.717, 1.165) is 50.5 Å². The average Bonchev–Trinajstić information content (AvgIpc) is 3.25. The van der Waals surface area contributed by atoms with Gasteiger partial charge in [-0.25, -0.2) is 0 Å². The summed E-state index contributed by atoms with van der Waals surface area (Å²) < 4.78 is 17.2. The van der Waals surface area contributed by atoms with Gasteiger partial charge < -0.3 is 13.9 Å². The van der Waals surface area contributed by atoms with Gasteiger partial charge in [0.2, 0.25) is 0 Å². The summed E-state index contributed by atoms with van der Waals surface area (Å²) in [6.45, 7) is 6.14. The Morgan fingerprint density at radius 3 is 3.08 bits per heavy atom. The van der Waals surface area contributed by atoms with E-state index in [1.807, 2.05) is 31.4 Å². The first kappa shape index (κ1) is 16.8. The lowest BCUT2D eigenvalue weighted by Gasteiger charge is -2.37. The van der Waals surface area contributed by atoms with Crippen molar-refractivity contribution in [2.45, 2.75) is 45.1 Å². The van der Waals surface area contributed by atoms with Gasteiger partial charge in [-0.05, 0) is 43.9 Å². The Morgan fingerprint density at radius 2 is 2.24 bits per heavy atom. The smallest absolute Gasteiger partial charge is 0.0947 e. The van der Waals surface area contributed by atoms with Crippen LogP contribution in [0.1, 0.15) is 29.8 Å². The number of furan rings is 1. The third-order valence-corrected chi connectivity index (χ3v) is 5.26. The largest absolute Gasteiger partial charge is 0.472 e. The molecule has 5 heteroatoms. The lowest BCUT2D eigenvalue weighted by molar-refractivity contribution is -0.0591. The van der Waals surface area contributed by atoms with Crippen LogP contribution >= 0.6 is 0 Å². The van der Waals surface area contributed by atoms with E-state index in [2.05, 4.69) is 16.0 Å². The third-order valence-electron chi connectivity index (χ3n) is 5.26. The predicted octanol–water partition coefficient (Wildman–Crippen LogP) is 3.18. The molecule has 0 aromatic carbocycles. The summed E-state index contributed by atoms with van der Waals surface area (Å²) in [5, 5.41) is 0. The maximum atomic E-state index is 6.03. The minimum Gasteiger partial charge on any atom is -0.472 e. The van der Waals surface area contributed by atoms with Crippen molar-refractivity contribution in [1.29, 1.82) is 0 Å². The average molecular weight is 342 g/mol. The first-order valence-corrected chi connectivity index (χ1v) is 9.15. The van der Waals surface area contributed by atoms with Crippen LogP contribution in [0.25, 0.3) is 0 Å². The van der Waals surface area contributed by atoms with Crippen molar-refractivity contribution in [3.05, 3.63) is 53.7 Å². The molecule has 1 aliphatic heterocycles. The van der Waals surface area contributed by atoms with E-state index in [1.165, 1.54) is 5.56 Å². The molecule has 0 bridgehead atoms. The summed E-state index contributed by atoms with van der Waals surface area (Å²) in [5.74, 6) is 0.560. The SMILES string of the molecule is Cc1cccc(COC[C@@H]2C[C@@H]3OCCN(Cc4ccoc4)[C@H]3C2)n1. The summed E-state index contributed by atoms with van der Waals surface area (Å²) in [5.41, 5.74) is 3.29. The number of ether oxygens (including phenoxy) is 2. The molecule has 1 aliphatic carbocycles. The van der Waals surface area contributed by atoms with Gasteiger partial charge >= 0.3 is 0 Å². The standard InChI is InChI=1S/C20H26N2O3/c1-15-3-2-4-18(21-15)14-24-13-17-9-19-20(10-17)25-8-6-22(19)11-16-5-7-23-12-16/h2-5,7,12,17,19-20H,6,8-11,13-14H2,1H3/t17-,19-,20-/m0/s1. The molecular formula is C20H26N2O3. The maximum absolute atomic E-state index is 6.03. The molecule has 25 heavy (non-hydrogen) atoms. The number of aromatic nitrogens is 1. The topological polar surface area (TPSA) is 47.7 Å². The quantitative estimate of drug-likeness (QED) is 0.807. The molecular weight excluding hydrogens is 316 g/mol. The van der Waals surface area contributed by atoms with Crippen LogP contribution in [0.15, 0.2) is 41.2 Å². The first-order chi connectivity index (χ1) is 12.3. The molecule has 0 amide bonds. The van der Waals surface area contributed by atoms with Gasteiger partial charge in [0.15, 0.2) is 0 Å². The molecule has 2 aromatic heterocycles. The van der Waals surface area contributed by atoms with Crippen LogP contribution in [0.2, 0.25) is 0 Å². The number of morpholine rings is 1. The van der Waals surface area contributed by atoms with E-state index in [4.69, 9.17) is 13.9 Å². The van der Waals surface area contributed by atoms with Gasteiger partial charge in [0.05, 0.1) is 44.1 Å². The molecule has 3 heterocycles. The van der Waals surface area contributed by atoms with Crippen LogP contribution in [-0.2, 0) is 22.6 Å². The molecule has 0 radical (unpaired) electrons. The summed E-state index contributed by atoms with van der Waals surface area (Å²) in [4.78, 5) is 7.04. The summed E-state index contributed by atoms with van der Waals surface area (Å²) in [6, 6.07) is 8.62. The zero-order valence-electron chi connectivity index (χ0n) is 14.8. The van der Waals surface area contributed by atoms with Crippen molar-refractivity contribution in [1.82, 2.24) is 9.88 Å². The lowest BCUT2D eigenvalue weighted by Crippen LogP contribution is -2.47. The second-order valence-corrected chi connectivity index (χ2v) is 7.20. The van der Waals surface area contributed by atoms with Crippen molar-refractivity contribution in [2.75, 3.05) is 19.8 Å².